The second-order valence-corrected chi connectivity index (χ2v) is 9.04. The van der Waals surface area contributed by atoms with Gasteiger partial charge in [-0.3, -0.25) is 0 Å². The summed E-state index contributed by atoms with van der Waals surface area (Å²) in [7, 11) is 0. The molecule has 0 radical (unpaired) electrons. The highest BCUT2D eigenvalue weighted by Gasteiger charge is 2.42. The van der Waals surface area contributed by atoms with E-state index in [1.165, 1.54) is 89.0 Å². The molecule has 0 amide bonds. The summed E-state index contributed by atoms with van der Waals surface area (Å²) in [6.45, 7) is 4.60. The highest BCUT2D eigenvalue weighted by atomic mass is 14.5. The second kappa shape index (κ2) is 9.77. The molecule has 2 aliphatic rings. The summed E-state index contributed by atoms with van der Waals surface area (Å²) in [5.41, 5.74) is 3.52. The summed E-state index contributed by atoms with van der Waals surface area (Å²) in [5.74, 6) is 1.94. The average Bonchev–Trinajstić information content (AvgIpc) is 2.70. The van der Waals surface area contributed by atoms with Crippen LogP contribution in [-0.2, 0) is 5.41 Å². The first-order chi connectivity index (χ1) is 12.8. The van der Waals surface area contributed by atoms with Gasteiger partial charge in [0, 0.05) is 0 Å². The molecule has 0 heterocycles. The molecule has 0 nitrogen and oxygen atoms in total. The second-order valence-electron chi connectivity index (χ2n) is 9.04. The standard InChI is InChI=1S/C26H40/c1-3-5-7-11-23-14-18-25(19-15-23)26(20-8-6-9-21-26)24-16-12-22(10-4-2)13-17-24/h7,11,14-15,18-19,22,24H,3-6,8-10,12-13,16-17,20-21H2,1-2H3/b11-7+/t22-,24-. The molecule has 0 atom stereocenters. The zero-order valence-corrected chi connectivity index (χ0v) is 17.3. The third-order valence-electron chi connectivity index (χ3n) is 7.32. The predicted octanol–water partition coefficient (Wildman–Crippen LogP) is 8.31. The summed E-state index contributed by atoms with van der Waals surface area (Å²) < 4.78 is 0. The molecule has 0 aromatic heterocycles. The van der Waals surface area contributed by atoms with Crippen LogP contribution in [0.2, 0.25) is 0 Å². The van der Waals surface area contributed by atoms with Crippen molar-refractivity contribution in [2.45, 2.75) is 103 Å². The SMILES string of the molecule is CCC/C=C/c1ccc(C2([C@H]3CC[C@H](CCC)CC3)CCCCC2)cc1. The Balaban J connectivity index is 1.75. The maximum Gasteiger partial charge on any atom is -0.00187 e. The van der Waals surface area contributed by atoms with Gasteiger partial charge in [0.25, 0.3) is 0 Å². The summed E-state index contributed by atoms with van der Waals surface area (Å²) in [6, 6.07) is 9.71. The van der Waals surface area contributed by atoms with Crippen LogP contribution in [0, 0.1) is 11.8 Å². The van der Waals surface area contributed by atoms with E-state index in [9.17, 15) is 0 Å². The van der Waals surface area contributed by atoms with Crippen molar-refractivity contribution in [1.82, 2.24) is 0 Å². The van der Waals surface area contributed by atoms with Crippen molar-refractivity contribution >= 4 is 6.08 Å². The van der Waals surface area contributed by atoms with Crippen LogP contribution >= 0.6 is 0 Å². The lowest BCUT2D eigenvalue weighted by Crippen LogP contribution is -2.39. The van der Waals surface area contributed by atoms with Crippen LogP contribution in [-0.4, -0.2) is 0 Å². The smallest absolute Gasteiger partial charge is 0.00187 e. The van der Waals surface area contributed by atoms with Gasteiger partial charge in [-0.05, 0) is 60.5 Å². The van der Waals surface area contributed by atoms with E-state index in [1.807, 2.05) is 0 Å². The zero-order chi connectivity index (χ0) is 18.2. The van der Waals surface area contributed by atoms with Crippen molar-refractivity contribution in [3.63, 3.8) is 0 Å². The van der Waals surface area contributed by atoms with E-state index < -0.39 is 0 Å². The molecule has 0 N–H and O–H groups in total. The van der Waals surface area contributed by atoms with Gasteiger partial charge in [0.2, 0.25) is 0 Å². The normalized spacial score (nSPS) is 26.2. The lowest BCUT2D eigenvalue weighted by molar-refractivity contribution is 0.125. The van der Waals surface area contributed by atoms with E-state index >= 15 is 0 Å². The van der Waals surface area contributed by atoms with E-state index in [2.05, 4.69) is 50.3 Å². The largest absolute Gasteiger partial charge is 0.0840 e. The summed E-state index contributed by atoms with van der Waals surface area (Å²) in [5, 5.41) is 0. The minimum Gasteiger partial charge on any atom is -0.0840 e. The van der Waals surface area contributed by atoms with Gasteiger partial charge >= 0.3 is 0 Å². The van der Waals surface area contributed by atoms with Gasteiger partial charge in [0.15, 0.2) is 0 Å². The predicted molar refractivity (Wildman–Crippen MR) is 116 cm³/mol. The molecule has 0 bridgehead atoms. The molecule has 0 saturated heterocycles. The van der Waals surface area contributed by atoms with Gasteiger partial charge in [-0.15, -0.1) is 0 Å². The molecule has 144 valence electrons. The molecule has 0 aliphatic heterocycles. The molecule has 2 saturated carbocycles. The van der Waals surface area contributed by atoms with Gasteiger partial charge < -0.3 is 0 Å². The Bertz CT molecular complexity index is 536. The van der Waals surface area contributed by atoms with E-state index in [-0.39, 0.29) is 0 Å². The van der Waals surface area contributed by atoms with E-state index in [0.717, 1.165) is 11.8 Å². The van der Waals surface area contributed by atoms with Crippen molar-refractivity contribution in [3.05, 3.63) is 41.5 Å². The summed E-state index contributed by atoms with van der Waals surface area (Å²) in [6.07, 6.45) is 23.0. The maximum atomic E-state index is 2.48. The van der Waals surface area contributed by atoms with Crippen LogP contribution in [0.15, 0.2) is 30.3 Å². The molecular formula is C26H40. The highest BCUT2D eigenvalue weighted by Crippen LogP contribution is 2.51. The number of benzene rings is 1. The Labute approximate surface area is 162 Å². The van der Waals surface area contributed by atoms with Crippen molar-refractivity contribution in [1.29, 1.82) is 0 Å². The first-order valence-electron chi connectivity index (χ1n) is 11.6. The number of rotatable bonds is 7. The van der Waals surface area contributed by atoms with Crippen molar-refractivity contribution < 1.29 is 0 Å². The quantitative estimate of drug-likeness (QED) is 0.463. The van der Waals surface area contributed by atoms with Gasteiger partial charge in [0.05, 0.1) is 0 Å². The number of unbranched alkanes of at least 4 members (excludes halogenated alkanes) is 1. The monoisotopic (exact) mass is 352 g/mol. The molecular weight excluding hydrogens is 312 g/mol. The van der Waals surface area contributed by atoms with Gasteiger partial charge in [0.1, 0.15) is 0 Å². The van der Waals surface area contributed by atoms with Crippen LogP contribution < -0.4 is 0 Å². The fourth-order valence-corrected chi connectivity index (χ4v) is 5.84. The molecule has 1 aromatic rings. The summed E-state index contributed by atoms with van der Waals surface area (Å²) in [4.78, 5) is 0. The molecule has 0 unspecified atom stereocenters. The molecule has 26 heavy (non-hydrogen) atoms. The molecule has 3 rings (SSSR count). The Hall–Kier alpha value is -1.04. The molecule has 2 fully saturated rings. The lowest BCUT2D eigenvalue weighted by atomic mass is 9.57. The molecule has 0 spiro atoms. The highest BCUT2D eigenvalue weighted by molar-refractivity contribution is 5.50. The average molecular weight is 353 g/mol. The first-order valence-corrected chi connectivity index (χ1v) is 11.6. The number of hydrogen-bond acceptors (Lipinski definition) is 0. The number of allylic oxidation sites excluding steroid dienone is 1. The minimum absolute atomic E-state index is 0.487. The van der Waals surface area contributed by atoms with Crippen LogP contribution in [0.25, 0.3) is 6.08 Å². The van der Waals surface area contributed by atoms with Crippen molar-refractivity contribution in [2.75, 3.05) is 0 Å². The van der Waals surface area contributed by atoms with Crippen molar-refractivity contribution in [2.24, 2.45) is 11.8 Å². The zero-order valence-electron chi connectivity index (χ0n) is 17.3. The van der Waals surface area contributed by atoms with Gasteiger partial charge in [-0.25, -0.2) is 0 Å². The van der Waals surface area contributed by atoms with Gasteiger partial charge in [-0.1, -0.05) is 102 Å². The van der Waals surface area contributed by atoms with Crippen LogP contribution in [0.3, 0.4) is 0 Å². The van der Waals surface area contributed by atoms with Crippen LogP contribution in [0.1, 0.15) is 108 Å². The fourth-order valence-electron chi connectivity index (χ4n) is 5.84. The fraction of sp³-hybridized carbons (Fsp3) is 0.692. The van der Waals surface area contributed by atoms with Gasteiger partial charge in [-0.2, -0.15) is 0 Å². The summed E-state index contributed by atoms with van der Waals surface area (Å²) >= 11 is 0. The van der Waals surface area contributed by atoms with E-state index in [1.54, 1.807) is 5.56 Å². The van der Waals surface area contributed by atoms with E-state index in [4.69, 9.17) is 0 Å². The topological polar surface area (TPSA) is 0 Å². The van der Waals surface area contributed by atoms with Crippen molar-refractivity contribution in [3.8, 4) is 0 Å². The Kier molecular flexibility index (Phi) is 7.41. The lowest BCUT2D eigenvalue weighted by Gasteiger charge is -2.47. The Morgan fingerprint density at radius 3 is 2.19 bits per heavy atom. The number of hydrogen-bond donors (Lipinski definition) is 0. The molecule has 1 aromatic carbocycles. The van der Waals surface area contributed by atoms with Crippen LogP contribution in [0.4, 0.5) is 0 Å². The molecule has 2 aliphatic carbocycles. The van der Waals surface area contributed by atoms with E-state index in [0.29, 0.717) is 5.41 Å². The third-order valence-corrected chi connectivity index (χ3v) is 7.32. The third kappa shape index (κ3) is 4.62. The molecule has 0 heteroatoms. The maximum absolute atomic E-state index is 2.48. The first kappa shape index (κ1) is 19.7. The van der Waals surface area contributed by atoms with Crippen LogP contribution in [0.5, 0.6) is 0 Å². The Morgan fingerprint density at radius 1 is 0.885 bits per heavy atom. The Morgan fingerprint density at radius 2 is 1.58 bits per heavy atom. The minimum atomic E-state index is 0.487.